The van der Waals surface area contributed by atoms with Crippen LogP contribution in [0.2, 0.25) is 0 Å². The summed E-state index contributed by atoms with van der Waals surface area (Å²) in [5.74, 6) is 0.864. The monoisotopic (exact) mass is 412 g/mol. The smallest absolute Gasteiger partial charge is 0.254 e. The van der Waals surface area contributed by atoms with Crippen LogP contribution in [0.4, 0.5) is 0 Å². The third-order valence-corrected chi connectivity index (χ3v) is 6.11. The molecule has 0 saturated carbocycles. The number of carbonyl (C=O) groups excluding carboxylic acids is 1. The van der Waals surface area contributed by atoms with E-state index in [-0.39, 0.29) is 11.5 Å². The topological polar surface area (TPSA) is 90.6 Å². The second-order valence-corrected chi connectivity index (χ2v) is 8.14. The predicted molar refractivity (Wildman–Crippen MR) is 121 cm³/mol. The molecule has 0 bridgehead atoms. The number of amides is 1. The van der Waals surface area contributed by atoms with Gasteiger partial charge in [0.25, 0.3) is 11.5 Å². The molecule has 1 atom stereocenters. The minimum Gasteiger partial charge on any atom is -0.361 e. The summed E-state index contributed by atoms with van der Waals surface area (Å²) < 4.78 is 0. The summed E-state index contributed by atoms with van der Waals surface area (Å²) in [6, 6.07) is 17.4. The summed E-state index contributed by atoms with van der Waals surface area (Å²) in [7, 11) is 0. The molecular weight excluding hydrogens is 388 g/mol. The number of benzene rings is 2. The minimum atomic E-state index is -0.0689. The highest BCUT2D eigenvalue weighted by Crippen LogP contribution is 2.23. The molecule has 0 spiro atoms. The van der Waals surface area contributed by atoms with Crippen LogP contribution >= 0.6 is 0 Å². The van der Waals surface area contributed by atoms with Gasteiger partial charge >= 0.3 is 0 Å². The zero-order chi connectivity index (χ0) is 21.2. The van der Waals surface area contributed by atoms with Crippen molar-refractivity contribution in [2.75, 3.05) is 6.54 Å². The van der Waals surface area contributed by atoms with Crippen LogP contribution in [0.3, 0.4) is 0 Å². The molecule has 0 aliphatic heterocycles. The second kappa shape index (κ2) is 8.22. The molecule has 0 radical (unpaired) electrons. The van der Waals surface area contributed by atoms with Gasteiger partial charge in [-0.25, -0.2) is 4.98 Å². The molecule has 1 aliphatic carbocycles. The largest absolute Gasteiger partial charge is 0.361 e. The Bertz CT molecular complexity index is 1290. The Morgan fingerprint density at radius 1 is 1.06 bits per heavy atom. The van der Waals surface area contributed by atoms with E-state index in [9.17, 15) is 9.59 Å². The van der Waals surface area contributed by atoms with E-state index < -0.39 is 0 Å². The average molecular weight is 412 g/mol. The first kappa shape index (κ1) is 19.3. The van der Waals surface area contributed by atoms with Crippen molar-refractivity contribution in [3.63, 3.8) is 0 Å². The molecule has 0 fully saturated rings. The van der Waals surface area contributed by atoms with Crippen molar-refractivity contribution in [3.05, 3.63) is 88.0 Å². The number of hydrogen-bond acceptors (Lipinski definition) is 3. The first-order chi connectivity index (χ1) is 15.2. The van der Waals surface area contributed by atoms with E-state index in [0.717, 1.165) is 47.0 Å². The van der Waals surface area contributed by atoms with Gasteiger partial charge in [0.15, 0.2) is 0 Å². The van der Waals surface area contributed by atoms with Gasteiger partial charge in [-0.3, -0.25) is 9.59 Å². The third kappa shape index (κ3) is 4.01. The van der Waals surface area contributed by atoms with Crippen LogP contribution in [0.15, 0.2) is 65.6 Å². The zero-order valence-electron chi connectivity index (χ0n) is 17.2. The number of aromatic amines is 2. The molecule has 3 N–H and O–H groups in total. The van der Waals surface area contributed by atoms with Gasteiger partial charge in [0.2, 0.25) is 0 Å². The highest BCUT2D eigenvalue weighted by molar-refractivity contribution is 5.97. The summed E-state index contributed by atoms with van der Waals surface area (Å²) in [6.07, 6.45) is 5.05. The lowest BCUT2D eigenvalue weighted by Crippen LogP contribution is -2.29. The number of aromatic nitrogens is 3. The maximum absolute atomic E-state index is 12.7. The SMILES string of the molecule is O=C(NCC1CCc2nc(-c3ccccc3)[nH]c(=O)c2CC1)c1ccc2cc[nH]c2c1. The summed E-state index contributed by atoms with van der Waals surface area (Å²) in [5, 5.41) is 4.16. The molecule has 156 valence electrons. The van der Waals surface area contributed by atoms with Crippen molar-refractivity contribution in [3.8, 4) is 11.4 Å². The lowest BCUT2D eigenvalue weighted by atomic mass is 9.99. The summed E-state index contributed by atoms with van der Waals surface area (Å²) in [5.41, 5.74) is 4.14. The molecule has 6 heteroatoms. The number of hydrogen-bond donors (Lipinski definition) is 3. The number of H-pyrrole nitrogens is 2. The molecule has 1 aliphatic rings. The normalized spacial score (nSPS) is 15.9. The molecule has 4 aromatic rings. The van der Waals surface area contributed by atoms with Crippen LogP contribution in [0.25, 0.3) is 22.3 Å². The molecule has 2 aromatic heterocycles. The maximum atomic E-state index is 12.7. The van der Waals surface area contributed by atoms with E-state index in [0.29, 0.717) is 30.3 Å². The Balaban J connectivity index is 1.26. The fourth-order valence-corrected chi connectivity index (χ4v) is 4.31. The number of aryl methyl sites for hydroxylation is 1. The summed E-state index contributed by atoms with van der Waals surface area (Å²) >= 11 is 0. The van der Waals surface area contributed by atoms with E-state index in [4.69, 9.17) is 4.98 Å². The quantitative estimate of drug-likeness (QED) is 0.445. The van der Waals surface area contributed by atoms with Crippen LogP contribution in [-0.2, 0) is 12.8 Å². The van der Waals surface area contributed by atoms with Crippen molar-refractivity contribution in [2.45, 2.75) is 25.7 Å². The van der Waals surface area contributed by atoms with Gasteiger partial charge in [0, 0.05) is 34.9 Å². The second-order valence-electron chi connectivity index (χ2n) is 8.14. The summed E-state index contributed by atoms with van der Waals surface area (Å²) in [6.45, 7) is 0.596. The predicted octanol–water partition coefficient (Wildman–Crippen LogP) is 3.84. The van der Waals surface area contributed by atoms with E-state index in [1.54, 1.807) is 0 Å². The van der Waals surface area contributed by atoms with Crippen molar-refractivity contribution in [1.82, 2.24) is 20.3 Å². The lowest BCUT2D eigenvalue weighted by Gasteiger charge is -2.14. The molecule has 2 aromatic carbocycles. The molecule has 0 saturated heterocycles. The van der Waals surface area contributed by atoms with Crippen LogP contribution < -0.4 is 10.9 Å². The fraction of sp³-hybridized carbons (Fsp3) is 0.240. The minimum absolute atomic E-state index is 0.0483. The number of carbonyl (C=O) groups is 1. The Hall–Kier alpha value is -3.67. The Kier molecular flexibility index (Phi) is 5.12. The Morgan fingerprint density at radius 2 is 1.90 bits per heavy atom. The molecule has 6 nitrogen and oxygen atoms in total. The van der Waals surface area contributed by atoms with Crippen molar-refractivity contribution >= 4 is 16.8 Å². The van der Waals surface area contributed by atoms with Gasteiger partial charge in [-0.15, -0.1) is 0 Å². The molecule has 1 unspecified atom stereocenters. The van der Waals surface area contributed by atoms with E-state index >= 15 is 0 Å². The fourth-order valence-electron chi connectivity index (χ4n) is 4.31. The van der Waals surface area contributed by atoms with Gasteiger partial charge < -0.3 is 15.3 Å². The van der Waals surface area contributed by atoms with Crippen molar-refractivity contribution in [2.24, 2.45) is 5.92 Å². The third-order valence-electron chi connectivity index (χ3n) is 6.11. The van der Waals surface area contributed by atoms with Gasteiger partial charge in [-0.05, 0) is 55.2 Å². The molecule has 5 rings (SSSR count). The molecule has 1 amide bonds. The Labute approximate surface area is 179 Å². The van der Waals surface area contributed by atoms with Gasteiger partial charge in [-0.2, -0.15) is 0 Å². The zero-order valence-corrected chi connectivity index (χ0v) is 17.2. The van der Waals surface area contributed by atoms with Crippen LogP contribution in [0.5, 0.6) is 0 Å². The first-order valence-corrected chi connectivity index (χ1v) is 10.7. The van der Waals surface area contributed by atoms with Crippen molar-refractivity contribution in [1.29, 1.82) is 0 Å². The molecule has 31 heavy (non-hydrogen) atoms. The van der Waals surface area contributed by atoms with E-state index in [1.807, 2.05) is 60.8 Å². The van der Waals surface area contributed by atoms with Crippen LogP contribution in [-0.4, -0.2) is 27.4 Å². The van der Waals surface area contributed by atoms with E-state index in [1.165, 1.54) is 0 Å². The van der Waals surface area contributed by atoms with Gasteiger partial charge in [0.1, 0.15) is 5.82 Å². The highest BCUT2D eigenvalue weighted by Gasteiger charge is 2.21. The van der Waals surface area contributed by atoms with Gasteiger partial charge in [-0.1, -0.05) is 36.4 Å². The van der Waals surface area contributed by atoms with Crippen LogP contribution in [0, 0.1) is 5.92 Å². The number of nitrogens with zero attached hydrogens (tertiary/aromatic N) is 1. The van der Waals surface area contributed by atoms with Crippen molar-refractivity contribution < 1.29 is 4.79 Å². The number of nitrogens with one attached hydrogen (secondary N) is 3. The van der Waals surface area contributed by atoms with Gasteiger partial charge in [0.05, 0.1) is 5.69 Å². The summed E-state index contributed by atoms with van der Waals surface area (Å²) in [4.78, 5) is 36.1. The number of fused-ring (bicyclic) bond motifs is 2. The first-order valence-electron chi connectivity index (χ1n) is 10.7. The Morgan fingerprint density at radius 3 is 2.77 bits per heavy atom. The molecule has 2 heterocycles. The standard InChI is InChI=1S/C25H24N4O2/c30-24(19-9-8-17-12-13-26-22(17)14-19)27-15-16-6-10-20-21(11-7-16)28-23(29-25(20)31)18-4-2-1-3-5-18/h1-5,8-9,12-14,16,26H,6-7,10-11,15H2,(H,27,30)(H,28,29,31). The highest BCUT2D eigenvalue weighted by atomic mass is 16.1. The number of rotatable bonds is 4. The average Bonchev–Trinajstić information content (AvgIpc) is 3.17. The van der Waals surface area contributed by atoms with E-state index in [2.05, 4.69) is 15.3 Å². The van der Waals surface area contributed by atoms with Crippen LogP contribution in [0.1, 0.15) is 34.5 Å². The molecular formula is C25H24N4O2. The maximum Gasteiger partial charge on any atom is 0.254 e. The lowest BCUT2D eigenvalue weighted by molar-refractivity contribution is 0.0946.